The normalized spacial score (nSPS) is 10.8. The number of aryl methyl sites for hydroxylation is 11. The van der Waals surface area contributed by atoms with Crippen LogP contribution < -0.4 is 4.74 Å². The maximum absolute atomic E-state index is 13.4. The van der Waals surface area contributed by atoms with Crippen molar-refractivity contribution >= 4 is 46.4 Å². The summed E-state index contributed by atoms with van der Waals surface area (Å²) in [6.07, 6.45) is -5.65. The Labute approximate surface area is 808 Å². The van der Waals surface area contributed by atoms with Gasteiger partial charge in [0.25, 0.3) is 12.9 Å². The summed E-state index contributed by atoms with van der Waals surface area (Å²) in [5.41, 5.74) is 21.6. The molecule has 0 aliphatic carbocycles. The zero-order chi connectivity index (χ0) is 101. The van der Waals surface area contributed by atoms with Crippen LogP contribution in [0, 0.1) is 105 Å². The van der Waals surface area contributed by atoms with Crippen molar-refractivity contribution in [3.8, 4) is 11.8 Å². The van der Waals surface area contributed by atoms with Crippen LogP contribution >= 0.6 is 46.4 Å². The van der Waals surface area contributed by atoms with Crippen LogP contribution in [0.3, 0.4) is 0 Å². The Bertz CT molecular complexity index is 5020. The molecule has 0 unspecified atom stereocenters. The number of nitrogens with zero attached hydrogens (tertiary/aromatic N) is 3. The largest absolute Gasteiger partial charge is 0.496 e. The maximum Gasteiger partial charge on any atom is 0.418 e. The summed E-state index contributed by atoms with van der Waals surface area (Å²) < 4.78 is 132. The van der Waals surface area contributed by atoms with Crippen molar-refractivity contribution in [3.05, 3.63) is 365 Å². The van der Waals surface area contributed by atoms with E-state index in [0.717, 1.165) is 66.0 Å². The number of rotatable bonds is 14. The van der Waals surface area contributed by atoms with Gasteiger partial charge in [-0.25, -0.2) is 30.7 Å². The van der Waals surface area contributed by atoms with Crippen LogP contribution in [0.15, 0.2) is 182 Å². The predicted octanol–water partition coefficient (Wildman–Crippen LogP) is 39.5. The molecule has 0 aliphatic heterocycles. The lowest BCUT2D eigenvalue weighted by Crippen LogP contribution is -2.10. The Balaban J connectivity index is 0.00000143. The van der Waals surface area contributed by atoms with Crippen molar-refractivity contribution in [1.29, 1.82) is 5.26 Å². The van der Waals surface area contributed by atoms with E-state index in [-0.39, 0.29) is 64.5 Å². The monoisotopic (exact) mass is 1910 g/mol. The molecule has 0 aliphatic rings. The van der Waals surface area contributed by atoms with E-state index in [1.807, 2.05) is 156 Å². The average molecular weight is 1910 g/mol. The van der Waals surface area contributed by atoms with Gasteiger partial charge in [0.05, 0.1) is 40.0 Å². The number of aromatic nitrogens is 2. The number of methoxy groups -OCH3 is 1. The molecule has 2 heterocycles. The number of pyridine rings is 2. The first-order valence-electron chi connectivity index (χ1n) is 44.8. The number of nitriles is 1. The SMILES string of the molecule is C.CC(C)c1ccc(C#N)cc1.COc1cc(C(C)C)ccc1C.Cc1cc(F)c(C(C)C)cc1Cl.Cc1ccc(C(C)C)c(F)c1Cl.Cc1ccc(C(C)C)cc1C.Cc1ccc(C(C)C)cc1C(F)F.Cc1ccc(C(C)C)cc1C(F)F.Cc1ccc(C(C)C)cc1Cl.Cc1ccc(C(C)C)cc1F.Cc1ncc(C(C)C)cc1C(F)(F)F.Cc1ncc(C(C)C)cc1Cl. The zero-order valence-electron chi connectivity index (χ0n) is 83.9. The highest BCUT2D eigenvalue weighted by Crippen LogP contribution is 2.35. The van der Waals surface area contributed by atoms with Gasteiger partial charge in [0, 0.05) is 39.3 Å². The molecule has 9 aromatic carbocycles. The van der Waals surface area contributed by atoms with Gasteiger partial charge in [0.15, 0.2) is 0 Å². The predicted molar refractivity (Wildman–Crippen MR) is 546 cm³/mol. The minimum absolute atomic E-state index is 0. The van der Waals surface area contributed by atoms with Gasteiger partial charge in [-0.1, -0.05) is 309 Å². The summed E-state index contributed by atoms with van der Waals surface area (Å²) in [6, 6.07) is 55.1. The fourth-order valence-electron chi connectivity index (χ4n) is 11.9. The van der Waals surface area contributed by atoms with E-state index in [2.05, 4.69) is 168 Å². The van der Waals surface area contributed by atoms with E-state index < -0.39 is 24.6 Å². The van der Waals surface area contributed by atoms with Crippen LogP contribution in [0.1, 0.15) is 383 Å². The van der Waals surface area contributed by atoms with Gasteiger partial charge in [-0.2, -0.15) is 18.4 Å². The molecule has 132 heavy (non-hydrogen) atoms. The van der Waals surface area contributed by atoms with Gasteiger partial charge in [-0.15, -0.1) is 0 Å². The number of alkyl halides is 7. The van der Waals surface area contributed by atoms with E-state index in [1.54, 1.807) is 84.2 Å². The Hall–Kier alpha value is -8.97. The highest BCUT2D eigenvalue weighted by atomic mass is 35.5. The van der Waals surface area contributed by atoms with Crippen LogP contribution in [-0.4, -0.2) is 17.1 Å². The molecular weight excluding hydrogens is 1760 g/mol. The number of hydrogen-bond donors (Lipinski definition) is 0. The fraction of sp³-hybridized carbons (Fsp3) is 0.430. The lowest BCUT2D eigenvalue weighted by molar-refractivity contribution is -0.138. The second kappa shape index (κ2) is 60.4. The molecule has 0 fully saturated rings. The van der Waals surface area contributed by atoms with Crippen molar-refractivity contribution < 1.29 is 48.6 Å². The van der Waals surface area contributed by atoms with Crippen molar-refractivity contribution in [1.82, 2.24) is 9.97 Å². The summed E-state index contributed by atoms with van der Waals surface area (Å²) in [6.45, 7) is 65.8. The third-order valence-electron chi connectivity index (χ3n) is 21.8. The third kappa shape index (κ3) is 43.6. The summed E-state index contributed by atoms with van der Waals surface area (Å²) in [7, 11) is 1.71. The lowest BCUT2D eigenvalue weighted by Gasteiger charge is -2.12. The fourth-order valence-corrected chi connectivity index (χ4v) is 12.6. The molecule has 0 bridgehead atoms. The van der Waals surface area contributed by atoms with Crippen molar-refractivity contribution in [2.45, 2.75) is 320 Å². The molecule has 11 rings (SSSR count). The Morgan fingerprint density at radius 3 is 1.02 bits per heavy atom. The Morgan fingerprint density at radius 1 is 0.303 bits per heavy atom. The average Bonchev–Trinajstić information content (AvgIpc) is 0.819. The standard InChI is InChI=1S/2C11H14F2.C11H16O.C11H16.2C10H12ClF.C10H13Cl.C10H12F3N.C10H13F.C10H11N.C9H12ClN.CH4/c2*1-7(2)9-5-4-8(3)10(6-9)11(12)13;1-8(2)10-6-5-9(3)11(7-10)12-4;1-8(2)11-6-5-9(3)10(4)7-11;1-6(2)8-5-9(11)7(3)4-10(8)12;1-6(2)8-5-4-7(3)9(11)10(8)12;1-7(2)9-5-4-8(3)10(11)6-9;1-6(2)8-4-9(10(11,12)13)7(3)14-5-8;1-7(2)9-5-4-8(3)10(11)6-9;1-8(2)10-5-3-9(7-11)4-6-10;1-6(2)8-4-9(10)7(3)11-5-8;/h2*4-7,11H,1-3H3;5-8H,1-4H3;5-8H,1-4H3;2*4-6H,1-3H3;4-7H,1-3H3;4-6H,1-3H3;4-7H,1-3H3;3-6,8H,1-2H3;4-6H,1-3H3;1H4. The molecular formula is C114H149Cl4F10N3O. The van der Waals surface area contributed by atoms with Gasteiger partial charge in [-0.05, 0) is 319 Å². The maximum atomic E-state index is 13.4. The molecule has 2 aromatic heterocycles. The zero-order valence-corrected chi connectivity index (χ0v) is 86.9. The van der Waals surface area contributed by atoms with E-state index >= 15 is 0 Å². The van der Waals surface area contributed by atoms with E-state index in [9.17, 15) is 43.9 Å². The van der Waals surface area contributed by atoms with Crippen LogP contribution in [-0.2, 0) is 6.18 Å². The molecule has 0 radical (unpaired) electrons. The number of ether oxygens (including phenoxy) is 1. The smallest absolute Gasteiger partial charge is 0.418 e. The Morgan fingerprint density at radius 2 is 0.644 bits per heavy atom. The third-order valence-corrected chi connectivity index (χ3v) is 23.4. The summed E-state index contributed by atoms with van der Waals surface area (Å²) >= 11 is 23.5. The second-order valence-corrected chi connectivity index (χ2v) is 37.9. The Kier molecular flexibility index (Phi) is 56.3. The molecule has 724 valence electrons. The quantitative estimate of drug-likeness (QED) is 0.102. The molecule has 0 spiro atoms. The number of halogens is 14. The van der Waals surface area contributed by atoms with Crippen LogP contribution in [0.5, 0.6) is 5.75 Å². The van der Waals surface area contributed by atoms with Crippen molar-refractivity contribution in [3.63, 3.8) is 0 Å². The van der Waals surface area contributed by atoms with Gasteiger partial charge < -0.3 is 4.74 Å². The summed E-state index contributed by atoms with van der Waals surface area (Å²) in [5.74, 6) is 4.72. The molecule has 0 N–H and O–H groups in total. The summed E-state index contributed by atoms with van der Waals surface area (Å²) in [4.78, 5) is 7.91. The lowest BCUT2D eigenvalue weighted by atomic mass is 9.98. The first-order valence-corrected chi connectivity index (χ1v) is 46.3. The number of hydrogen-bond acceptors (Lipinski definition) is 4. The first-order chi connectivity index (χ1) is 60.7. The van der Waals surface area contributed by atoms with Crippen LogP contribution in [0.25, 0.3) is 0 Å². The van der Waals surface area contributed by atoms with Gasteiger partial charge in [0.2, 0.25) is 0 Å². The molecule has 0 atom stereocenters. The van der Waals surface area contributed by atoms with Crippen LogP contribution in [0.4, 0.5) is 43.9 Å². The number of benzene rings is 9. The van der Waals surface area contributed by atoms with Crippen molar-refractivity contribution in [2.24, 2.45) is 0 Å². The topological polar surface area (TPSA) is 58.8 Å². The molecule has 11 aromatic rings. The van der Waals surface area contributed by atoms with Gasteiger partial charge >= 0.3 is 6.18 Å². The van der Waals surface area contributed by atoms with Crippen LogP contribution in [0.2, 0.25) is 20.1 Å². The van der Waals surface area contributed by atoms with Gasteiger partial charge in [0.1, 0.15) is 23.2 Å². The van der Waals surface area contributed by atoms with E-state index in [0.29, 0.717) is 80.2 Å². The van der Waals surface area contributed by atoms with E-state index in [4.69, 9.17) is 56.4 Å². The minimum atomic E-state index is -4.30. The van der Waals surface area contributed by atoms with E-state index in [1.165, 1.54) is 69.8 Å². The second-order valence-electron chi connectivity index (χ2n) is 36.3. The highest BCUT2D eigenvalue weighted by Gasteiger charge is 2.33. The molecule has 0 saturated heterocycles. The molecule has 0 saturated carbocycles. The van der Waals surface area contributed by atoms with Crippen molar-refractivity contribution in [2.75, 3.05) is 7.11 Å². The first kappa shape index (κ1) is 123. The minimum Gasteiger partial charge on any atom is -0.496 e. The molecule has 4 nitrogen and oxygen atoms in total. The summed E-state index contributed by atoms with van der Waals surface area (Å²) in [5, 5.41) is 11.0. The molecule has 0 amide bonds. The molecule has 18 heteroatoms. The highest BCUT2D eigenvalue weighted by molar-refractivity contribution is 6.32. The van der Waals surface area contributed by atoms with Gasteiger partial charge in [-0.3, -0.25) is 9.97 Å².